The van der Waals surface area contributed by atoms with Gasteiger partial charge in [0.1, 0.15) is 16.8 Å². The summed E-state index contributed by atoms with van der Waals surface area (Å²) in [4.78, 5) is 25.7. The number of nitrogens with zero attached hydrogens (tertiary/aromatic N) is 2. The summed E-state index contributed by atoms with van der Waals surface area (Å²) in [5.41, 5.74) is 2.66. The van der Waals surface area contributed by atoms with Crippen LogP contribution in [0.4, 0.5) is 11.4 Å². The van der Waals surface area contributed by atoms with Crippen molar-refractivity contribution in [2.45, 2.75) is 6.92 Å². The Balaban J connectivity index is 1.58. The molecule has 1 atom stereocenters. The summed E-state index contributed by atoms with van der Waals surface area (Å²) in [7, 11) is 1.55. The molecular formula is C19H22N5O3S+. The van der Waals surface area contributed by atoms with Crippen molar-refractivity contribution in [3.8, 4) is 5.75 Å². The largest absolute Gasteiger partial charge is 0.495 e. The van der Waals surface area contributed by atoms with Crippen LogP contribution in [0.2, 0.25) is 0 Å². The summed E-state index contributed by atoms with van der Waals surface area (Å²) >= 11 is 1.11. The fraction of sp³-hybridized carbons (Fsp3) is 0.263. The number of amides is 2. The van der Waals surface area contributed by atoms with Crippen LogP contribution in [-0.4, -0.2) is 47.3 Å². The molecule has 1 unspecified atom stereocenters. The number of fused-ring (bicyclic) bond motifs is 1. The highest BCUT2D eigenvalue weighted by Gasteiger charge is 2.18. The molecule has 3 N–H and O–H groups in total. The highest BCUT2D eigenvalue weighted by atomic mass is 32.1. The van der Waals surface area contributed by atoms with Gasteiger partial charge in [-0.1, -0.05) is 18.2 Å². The lowest BCUT2D eigenvalue weighted by Gasteiger charge is -2.17. The quantitative estimate of drug-likeness (QED) is 0.528. The molecule has 0 radical (unpaired) electrons. The Morgan fingerprint density at radius 3 is 2.39 bits per heavy atom. The summed E-state index contributed by atoms with van der Waals surface area (Å²) in [5.74, 6) is 0.235. The molecule has 3 rings (SSSR count). The third-order valence-electron chi connectivity index (χ3n) is 4.26. The number of quaternary nitrogens is 1. The minimum absolute atomic E-state index is 0.170. The summed E-state index contributed by atoms with van der Waals surface area (Å²) in [6.07, 6.45) is 0. The van der Waals surface area contributed by atoms with Crippen LogP contribution in [0.15, 0.2) is 42.5 Å². The van der Waals surface area contributed by atoms with Crippen molar-refractivity contribution >= 4 is 46.0 Å². The van der Waals surface area contributed by atoms with Gasteiger partial charge in [-0.25, -0.2) is 0 Å². The molecule has 9 heteroatoms. The number of ether oxygens (including phenoxy) is 1. The zero-order chi connectivity index (χ0) is 19.9. The predicted molar refractivity (Wildman–Crippen MR) is 109 cm³/mol. The minimum atomic E-state index is -0.181. The molecule has 0 spiro atoms. The number of likely N-dealkylation sites (N-methyl/N-ethyl adjacent to an activating group) is 1. The molecule has 146 valence electrons. The van der Waals surface area contributed by atoms with Gasteiger partial charge in [0.05, 0.1) is 36.8 Å². The molecule has 8 nitrogen and oxygen atoms in total. The maximum atomic E-state index is 12.5. The maximum absolute atomic E-state index is 12.5. The van der Waals surface area contributed by atoms with E-state index in [1.54, 1.807) is 25.3 Å². The maximum Gasteiger partial charge on any atom is 0.279 e. The average Bonchev–Trinajstić information content (AvgIpc) is 3.17. The topological polar surface area (TPSA) is 97.6 Å². The van der Waals surface area contributed by atoms with E-state index in [0.717, 1.165) is 22.1 Å². The molecule has 0 aliphatic carbocycles. The third-order valence-corrected chi connectivity index (χ3v) is 4.80. The van der Waals surface area contributed by atoms with Gasteiger partial charge in [0.2, 0.25) is 0 Å². The number of nitrogens with one attached hydrogen (secondary N) is 3. The van der Waals surface area contributed by atoms with Crippen molar-refractivity contribution in [2.24, 2.45) is 0 Å². The fourth-order valence-electron chi connectivity index (χ4n) is 2.81. The van der Waals surface area contributed by atoms with Crippen LogP contribution >= 0.6 is 11.7 Å². The summed E-state index contributed by atoms with van der Waals surface area (Å²) in [6, 6.07) is 12.7. The second kappa shape index (κ2) is 9.25. The number of benzene rings is 2. The highest BCUT2D eigenvalue weighted by molar-refractivity contribution is 7.00. The van der Waals surface area contributed by atoms with Crippen molar-refractivity contribution in [2.75, 3.05) is 37.4 Å². The molecule has 0 saturated heterocycles. The van der Waals surface area contributed by atoms with Crippen molar-refractivity contribution in [3.05, 3.63) is 42.5 Å². The minimum Gasteiger partial charge on any atom is -0.495 e. The number of para-hydroxylation sites is 2. The van der Waals surface area contributed by atoms with Crippen LogP contribution < -0.4 is 20.3 Å². The van der Waals surface area contributed by atoms with Crippen molar-refractivity contribution in [1.82, 2.24) is 8.75 Å². The predicted octanol–water partition coefficient (Wildman–Crippen LogP) is 1.18. The van der Waals surface area contributed by atoms with E-state index in [9.17, 15) is 9.59 Å². The van der Waals surface area contributed by atoms with Crippen LogP contribution in [0.3, 0.4) is 0 Å². The molecule has 2 aromatic carbocycles. The van der Waals surface area contributed by atoms with E-state index in [1.807, 2.05) is 31.2 Å². The van der Waals surface area contributed by atoms with Crippen LogP contribution in [0.5, 0.6) is 5.75 Å². The van der Waals surface area contributed by atoms with Crippen molar-refractivity contribution < 1.29 is 19.2 Å². The molecule has 2 amide bonds. The zero-order valence-electron chi connectivity index (χ0n) is 15.7. The van der Waals surface area contributed by atoms with Gasteiger partial charge in [-0.3, -0.25) is 9.59 Å². The van der Waals surface area contributed by atoms with Gasteiger partial charge in [0, 0.05) is 0 Å². The van der Waals surface area contributed by atoms with Crippen LogP contribution in [-0.2, 0) is 9.59 Å². The number of anilines is 2. The summed E-state index contributed by atoms with van der Waals surface area (Å²) < 4.78 is 13.6. The van der Waals surface area contributed by atoms with E-state index >= 15 is 0 Å². The van der Waals surface area contributed by atoms with E-state index in [-0.39, 0.29) is 24.9 Å². The van der Waals surface area contributed by atoms with Crippen LogP contribution in [0.1, 0.15) is 6.92 Å². The molecule has 0 bridgehead atoms. The Bertz CT molecular complexity index is 975. The van der Waals surface area contributed by atoms with Crippen molar-refractivity contribution in [1.29, 1.82) is 0 Å². The van der Waals surface area contributed by atoms with E-state index in [0.29, 0.717) is 29.2 Å². The molecule has 0 fully saturated rings. The van der Waals surface area contributed by atoms with Gasteiger partial charge >= 0.3 is 0 Å². The SMILES string of the molecule is CC[NH+](CC(=O)Nc1ccccc1OC)CC(=O)Nc1cccc2nsnc12. The van der Waals surface area contributed by atoms with E-state index in [2.05, 4.69) is 19.4 Å². The van der Waals surface area contributed by atoms with Gasteiger partial charge in [0.25, 0.3) is 11.8 Å². The van der Waals surface area contributed by atoms with Gasteiger partial charge in [-0.2, -0.15) is 8.75 Å². The molecular weight excluding hydrogens is 378 g/mol. The standard InChI is InChI=1S/C19H21N5O3S/c1-3-24(11-17(25)20-13-7-4-5-10-16(13)27-2)12-18(26)21-14-8-6-9-15-19(14)23-28-22-15/h4-10H,3,11-12H2,1-2H3,(H,20,25)(H,21,26)/p+1. The van der Waals surface area contributed by atoms with Crippen LogP contribution in [0, 0.1) is 0 Å². The van der Waals surface area contributed by atoms with Gasteiger partial charge in [0.15, 0.2) is 13.1 Å². The number of carbonyl (C=O) groups excluding carboxylic acids is 2. The lowest BCUT2D eigenvalue weighted by Crippen LogP contribution is -3.13. The second-order valence-electron chi connectivity index (χ2n) is 6.19. The van der Waals surface area contributed by atoms with Gasteiger partial charge in [-0.05, 0) is 31.2 Å². The first-order chi connectivity index (χ1) is 13.6. The Kier molecular flexibility index (Phi) is 6.51. The molecule has 28 heavy (non-hydrogen) atoms. The number of aromatic nitrogens is 2. The first-order valence-electron chi connectivity index (χ1n) is 8.88. The fourth-order valence-corrected chi connectivity index (χ4v) is 3.36. The van der Waals surface area contributed by atoms with E-state index in [4.69, 9.17) is 4.74 Å². The number of methoxy groups -OCH3 is 1. The molecule has 0 saturated carbocycles. The smallest absolute Gasteiger partial charge is 0.279 e. The Labute approximate surface area is 166 Å². The van der Waals surface area contributed by atoms with Gasteiger partial charge < -0.3 is 20.3 Å². The number of hydrogen-bond acceptors (Lipinski definition) is 6. The Hall–Kier alpha value is -3.04. The average molecular weight is 400 g/mol. The molecule has 3 aromatic rings. The second-order valence-corrected chi connectivity index (χ2v) is 6.72. The highest BCUT2D eigenvalue weighted by Crippen LogP contribution is 2.22. The number of carbonyl (C=O) groups is 2. The summed E-state index contributed by atoms with van der Waals surface area (Å²) in [6.45, 7) is 2.91. The van der Waals surface area contributed by atoms with E-state index < -0.39 is 0 Å². The van der Waals surface area contributed by atoms with Gasteiger partial charge in [-0.15, -0.1) is 0 Å². The number of hydrogen-bond donors (Lipinski definition) is 3. The zero-order valence-corrected chi connectivity index (χ0v) is 16.5. The first kappa shape index (κ1) is 19.7. The normalized spacial score (nSPS) is 11.8. The van der Waals surface area contributed by atoms with E-state index in [1.165, 1.54) is 0 Å². The molecule has 0 aliphatic rings. The summed E-state index contributed by atoms with van der Waals surface area (Å²) in [5, 5.41) is 5.71. The first-order valence-corrected chi connectivity index (χ1v) is 9.61. The number of rotatable bonds is 8. The Morgan fingerprint density at radius 1 is 1.00 bits per heavy atom. The monoisotopic (exact) mass is 400 g/mol. The molecule has 1 aromatic heterocycles. The lowest BCUT2D eigenvalue weighted by atomic mass is 10.2. The molecule has 0 aliphatic heterocycles. The Morgan fingerprint density at radius 2 is 1.68 bits per heavy atom. The van der Waals surface area contributed by atoms with Crippen LogP contribution in [0.25, 0.3) is 11.0 Å². The third kappa shape index (κ3) is 4.81. The molecule has 1 heterocycles. The van der Waals surface area contributed by atoms with Crippen molar-refractivity contribution in [3.63, 3.8) is 0 Å². The lowest BCUT2D eigenvalue weighted by molar-refractivity contribution is -0.881.